The van der Waals surface area contributed by atoms with Crippen LogP contribution in [0.5, 0.6) is 0 Å². The molecular formula is C23H32FN3O3. The van der Waals surface area contributed by atoms with E-state index in [0.29, 0.717) is 13.1 Å². The molecule has 1 amide bonds. The summed E-state index contributed by atoms with van der Waals surface area (Å²) in [6.07, 6.45) is 3.82. The van der Waals surface area contributed by atoms with E-state index in [2.05, 4.69) is 4.90 Å². The molecule has 1 aliphatic carbocycles. The fourth-order valence-electron chi connectivity index (χ4n) is 5.05. The zero-order chi connectivity index (χ0) is 21.1. The zero-order valence-corrected chi connectivity index (χ0v) is 17.5. The Bertz CT molecular complexity index is 745. The minimum absolute atomic E-state index is 0.101. The molecule has 7 heteroatoms. The molecule has 0 radical (unpaired) electrons. The number of nitrogens with one attached hydrogen (secondary N) is 1. The Morgan fingerprint density at radius 3 is 2.37 bits per heavy atom. The lowest BCUT2D eigenvalue weighted by Crippen LogP contribution is -3.15. The molecule has 2 atom stereocenters. The van der Waals surface area contributed by atoms with Crippen molar-refractivity contribution < 1.29 is 24.0 Å². The minimum Gasteiger partial charge on any atom is -0.550 e. The third kappa shape index (κ3) is 5.31. The first-order valence-corrected chi connectivity index (χ1v) is 11.3. The van der Waals surface area contributed by atoms with Crippen LogP contribution in [0.25, 0.3) is 0 Å². The van der Waals surface area contributed by atoms with Gasteiger partial charge in [-0.25, -0.2) is 4.39 Å². The Balaban J connectivity index is 1.28. The molecule has 164 valence electrons. The lowest BCUT2D eigenvalue weighted by atomic mass is 9.81. The van der Waals surface area contributed by atoms with Crippen molar-refractivity contribution in [2.75, 3.05) is 50.7 Å². The Hall–Kier alpha value is -2.15. The van der Waals surface area contributed by atoms with Gasteiger partial charge in [-0.1, -0.05) is 0 Å². The van der Waals surface area contributed by atoms with Crippen molar-refractivity contribution in [1.82, 2.24) is 4.90 Å². The van der Waals surface area contributed by atoms with Crippen LogP contribution < -0.4 is 14.9 Å². The Labute approximate surface area is 177 Å². The number of hydrogen-bond acceptors (Lipinski definition) is 4. The van der Waals surface area contributed by atoms with Crippen molar-refractivity contribution in [3.63, 3.8) is 0 Å². The van der Waals surface area contributed by atoms with Crippen LogP contribution >= 0.6 is 0 Å². The molecule has 1 aromatic rings. The van der Waals surface area contributed by atoms with Gasteiger partial charge in [-0.15, -0.1) is 0 Å². The third-order valence-electron chi connectivity index (χ3n) is 7.09. The van der Waals surface area contributed by atoms with E-state index in [1.807, 2.05) is 17.0 Å². The van der Waals surface area contributed by atoms with E-state index in [1.54, 1.807) is 0 Å². The van der Waals surface area contributed by atoms with Crippen molar-refractivity contribution in [2.45, 2.75) is 32.1 Å². The summed E-state index contributed by atoms with van der Waals surface area (Å²) >= 11 is 0. The summed E-state index contributed by atoms with van der Waals surface area (Å²) < 4.78 is 13.1. The molecule has 0 aromatic heterocycles. The van der Waals surface area contributed by atoms with Crippen LogP contribution in [0.2, 0.25) is 0 Å². The normalized spacial score (nSPS) is 25.4. The monoisotopic (exact) mass is 417 g/mol. The van der Waals surface area contributed by atoms with E-state index in [0.717, 1.165) is 64.1 Å². The molecule has 1 saturated carbocycles. The van der Waals surface area contributed by atoms with Gasteiger partial charge in [-0.2, -0.15) is 0 Å². The molecule has 1 N–H and O–H groups in total. The van der Waals surface area contributed by atoms with Crippen LogP contribution in [0.15, 0.2) is 24.3 Å². The highest BCUT2D eigenvalue weighted by atomic mass is 19.1. The number of quaternary nitrogens is 1. The smallest absolute Gasteiger partial charge is 0.225 e. The van der Waals surface area contributed by atoms with E-state index in [4.69, 9.17) is 0 Å². The number of piperidine rings is 1. The van der Waals surface area contributed by atoms with Crippen LogP contribution in [0.3, 0.4) is 0 Å². The molecule has 2 heterocycles. The van der Waals surface area contributed by atoms with Gasteiger partial charge in [0.05, 0.1) is 32.7 Å². The van der Waals surface area contributed by atoms with E-state index in [1.165, 1.54) is 17.0 Å². The molecule has 3 aliphatic rings. The number of carboxylic acid groups (broad SMARTS) is 1. The first kappa shape index (κ1) is 21.1. The number of likely N-dealkylation sites (tertiary alicyclic amines) is 1. The Kier molecular flexibility index (Phi) is 6.56. The number of aliphatic carboxylic acids is 1. The van der Waals surface area contributed by atoms with Crippen LogP contribution in [-0.4, -0.2) is 62.6 Å². The van der Waals surface area contributed by atoms with Gasteiger partial charge < -0.3 is 24.6 Å². The van der Waals surface area contributed by atoms with Crippen molar-refractivity contribution in [3.8, 4) is 0 Å². The number of anilines is 1. The average molecular weight is 418 g/mol. The summed E-state index contributed by atoms with van der Waals surface area (Å²) in [5.74, 6) is -0.358. The van der Waals surface area contributed by atoms with Gasteiger partial charge in [0.1, 0.15) is 5.82 Å². The summed E-state index contributed by atoms with van der Waals surface area (Å²) in [5, 5.41) is 11.2. The van der Waals surface area contributed by atoms with Gasteiger partial charge in [-0.05, 0) is 61.8 Å². The molecule has 0 spiro atoms. The molecule has 2 saturated heterocycles. The molecule has 6 nitrogen and oxygen atoms in total. The number of amides is 1. The second kappa shape index (κ2) is 9.33. The molecule has 4 rings (SSSR count). The number of nitrogens with zero attached hydrogens (tertiary/aromatic N) is 2. The number of halogens is 1. The van der Waals surface area contributed by atoms with Crippen LogP contribution in [0.1, 0.15) is 32.1 Å². The standard InChI is InChI=1S/C23H32FN3O3/c24-20-3-5-21(6-4-20)26-13-11-25(12-14-26)9-7-19-16-27(23(30)17-1-2-17)10-8-18(19)15-22(28)29/h3-6,17-19H,1-2,7-16H2,(H,28,29)/t18-,19-/m0/s1. The van der Waals surface area contributed by atoms with Gasteiger partial charge in [0, 0.05) is 37.1 Å². The van der Waals surface area contributed by atoms with Gasteiger partial charge in [0.25, 0.3) is 0 Å². The maximum Gasteiger partial charge on any atom is 0.225 e. The maximum absolute atomic E-state index is 13.1. The van der Waals surface area contributed by atoms with Gasteiger partial charge in [-0.3, -0.25) is 4.79 Å². The number of carboxylic acids is 1. The highest BCUT2D eigenvalue weighted by Gasteiger charge is 2.38. The second-order valence-electron chi connectivity index (χ2n) is 9.20. The van der Waals surface area contributed by atoms with E-state index in [9.17, 15) is 19.1 Å². The lowest BCUT2D eigenvalue weighted by molar-refractivity contribution is -0.901. The molecule has 30 heavy (non-hydrogen) atoms. The summed E-state index contributed by atoms with van der Waals surface area (Å²) in [6.45, 7) is 6.27. The fraction of sp³-hybridized carbons (Fsp3) is 0.652. The molecule has 0 bridgehead atoms. The largest absolute Gasteiger partial charge is 0.550 e. The first-order valence-electron chi connectivity index (χ1n) is 11.3. The number of rotatable bonds is 7. The molecule has 3 fully saturated rings. The van der Waals surface area contributed by atoms with E-state index < -0.39 is 5.97 Å². The van der Waals surface area contributed by atoms with Crippen molar-refractivity contribution >= 4 is 17.6 Å². The summed E-state index contributed by atoms with van der Waals surface area (Å²) in [5.41, 5.74) is 1.06. The fourth-order valence-corrected chi connectivity index (χ4v) is 5.05. The summed E-state index contributed by atoms with van der Waals surface area (Å²) in [4.78, 5) is 29.5. The quantitative estimate of drug-likeness (QED) is 0.675. The number of hydrogen-bond donors (Lipinski definition) is 1. The van der Waals surface area contributed by atoms with E-state index >= 15 is 0 Å². The highest BCUT2D eigenvalue weighted by molar-refractivity contribution is 5.81. The molecule has 0 unspecified atom stereocenters. The van der Waals surface area contributed by atoms with Crippen molar-refractivity contribution in [2.24, 2.45) is 17.8 Å². The third-order valence-corrected chi connectivity index (χ3v) is 7.09. The van der Waals surface area contributed by atoms with Crippen LogP contribution in [0, 0.1) is 23.6 Å². The second-order valence-corrected chi connectivity index (χ2v) is 9.20. The maximum atomic E-state index is 13.1. The van der Waals surface area contributed by atoms with Gasteiger partial charge >= 0.3 is 0 Å². The predicted molar refractivity (Wildman–Crippen MR) is 109 cm³/mol. The molecular weight excluding hydrogens is 385 g/mol. The van der Waals surface area contributed by atoms with Crippen LogP contribution in [0.4, 0.5) is 10.1 Å². The Morgan fingerprint density at radius 1 is 1.03 bits per heavy atom. The van der Waals surface area contributed by atoms with Crippen molar-refractivity contribution in [3.05, 3.63) is 30.1 Å². The number of carbonyl (C=O) groups is 2. The summed E-state index contributed by atoms with van der Waals surface area (Å²) in [6, 6.07) is 6.67. The van der Waals surface area contributed by atoms with Crippen molar-refractivity contribution in [1.29, 1.82) is 0 Å². The molecule has 2 aliphatic heterocycles. The average Bonchev–Trinajstić information content (AvgIpc) is 3.58. The highest BCUT2D eigenvalue weighted by Crippen LogP contribution is 2.35. The predicted octanol–water partition coefficient (Wildman–Crippen LogP) is -0.0646. The van der Waals surface area contributed by atoms with Crippen LogP contribution in [-0.2, 0) is 9.59 Å². The van der Waals surface area contributed by atoms with Gasteiger partial charge in [0.2, 0.25) is 5.91 Å². The Morgan fingerprint density at radius 2 is 1.73 bits per heavy atom. The topological polar surface area (TPSA) is 68.1 Å². The number of piperazine rings is 1. The number of carbonyl (C=O) groups excluding carboxylic acids is 2. The van der Waals surface area contributed by atoms with Gasteiger partial charge in [0.15, 0.2) is 0 Å². The first-order chi connectivity index (χ1) is 14.5. The zero-order valence-electron chi connectivity index (χ0n) is 17.5. The van der Waals surface area contributed by atoms with E-state index in [-0.39, 0.29) is 35.9 Å². The number of benzene rings is 1. The lowest BCUT2D eigenvalue weighted by Gasteiger charge is -2.40. The summed E-state index contributed by atoms with van der Waals surface area (Å²) in [7, 11) is 0. The SMILES string of the molecule is O=C([O-])C[C@@H]1CCN(C(=O)C2CC2)C[C@@H]1CC[NH+]1CCN(c2ccc(F)cc2)CC1. The minimum atomic E-state index is -0.979. The molecule has 1 aromatic carbocycles.